The van der Waals surface area contributed by atoms with Crippen molar-refractivity contribution in [3.8, 4) is 17.1 Å². The molecule has 6 nitrogen and oxygen atoms in total. The predicted octanol–water partition coefficient (Wildman–Crippen LogP) is 4.41. The lowest BCUT2D eigenvalue weighted by Crippen LogP contribution is -2.14. The number of rotatable bonds is 7. The maximum atomic E-state index is 12.2. The van der Waals surface area contributed by atoms with Gasteiger partial charge in [-0.25, -0.2) is 0 Å². The van der Waals surface area contributed by atoms with Gasteiger partial charge in [0, 0.05) is 28.6 Å². The summed E-state index contributed by atoms with van der Waals surface area (Å²) in [7, 11) is 3.53. The quantitative estimate of drug-likeness (QED) is 0.593. The summed E-state index contributed by atoms with van der Waals surface area (Å²) in [6.45, 7) is 4.35. The van der Waals surface area contributed by atoms with Crippen LogP contribution in [0.4, 0.5) is 5.69 Å². The van der Waals surface area contributed by atoms with Crippen LogP contribution in [-0.2, 0) is 11.8 Å². The molecule has 3 rings (SSSR count). The Morgan fingerprint density at radius 3 is 2.67 bits per heavy atom. The van der Waals surface area contributed by atoms with E-state index in [4.69, 9.17) is 4.74 Å². The highest BCUT2D eigenvalue weighted by molar-refractivity contribution is 7.99. The third-order valence-corrected chi connectivity index (χ3v) is 6.24. The number of hydrogen-bond donors (Lipinski definition) is 1. The molecule has 1 amide bonds. The van der Waals surface area contributed by atoms with Crippen LogP contribution in [-0.4, -0.2) is 33.5 Å². The molecule has 0 saturated heterocycles. The van der Waals surface area contributed by atoms with Gasteiger partial charge in [0.15, 0.2) is 11.0 Å². The first-order valence-corrected chi connectivity index (χ1v) is 10.4. The summed E-state index contributed by atoms with van der Waals surface area (Å²) in [5.74, 6) is 2.23. The largest absolute Gasteiger partial charge is 0.497 e. The second kappa shape index (κ2) is 8.58. The number of thioether (sulfide) groups is 1. The number of nitrogens with zero attached hydrogens (tertiary/aromatic N) is 3. The van der Waals surface area contributed by atoms with Crippen LogP contribution in [0.2, 0.25) is 0 Å². The monoisotopic (exact) mass is 402 g/mol. The lowest BCUT2D eigenvalue weighted by Gasteiger charge is -2.06. The summed E-state index contributed by atoms with van der Waals surface area (Å²) in [6, 6.07) is 9.40. The van der Waals surface area contributed by atoms with E-state index in [1.54, 1.807) is 18.4 Å². The fourth-order valence-electron chi connectivity index (χ4n) is 2.47. The van der Waals surface area contributed by atoms with Crippen LogP contribution in [0.3, 0.4) is 0 Å². The van der Waals surface area contributed by atoms with Crippen LogP contribution in [0, 0.1) is 0 Å². The lowest BCUT2D eigenvalue weighted by atomic mass is 10.1. The number of carbonyl (C=O) groups is 1. The summed E-state index contributed by atoms with van der Waals surface area (Å²) in [4.78, 5) is 13.5. The van der Waals surface area contributed by atoms with E-state index in [0.29, 0.717) is 11.1 Å². The minimum absolute atomic E-state index is 0.0904. The van der Waals surface area contributed by atoms with Gasteiger partial charge in [0.25, 0.3) is 0 Å². The molecule has 0 aliphatic heterocycles. The molecule has 0 spiro atoms. The van der Waals surface area contributed by atoms with E-state index in [1.807, 2.05) is 35.9 Å². The van der Waals surface area contributed by atoms with Crippen molar-refractivity contribution in [1.82, 2.24) is 14.8 Å². The summed E-state index contributed by atoms with van der Waals surface area (Å²) < 4.78 is 7.04. The SMILES string of the molecule is COc1ccc(NC(=O)CSc2nnc(-c3csc(C(C)C)c3)n2C)cc1. The van der Waals surface area contributed by atoms with Crippen LogP contribution in [0.25, 0.3) is 11.4 Å². The van der Waals surface area contributed by atoms with Crippen LogP contribution in [0.15, 0.2) is 40.9 Å². The molecular weight excluding hydrogens is 380 g/mol. The molecule has 1 aromatic carbocycles. The van der Waals surface area contributed by atoms with Crippen molar-refractivity contribution in [2.24, 2.45) is 7.05 Å². The number of ether oxygens (including phenoxy) is 1. The van der Waals surface area contributed by atoms with Gasteiger partial charge in [-0.2, -0.15) is 0 Å². The lowest BCUT2D eigenvalue weighted by molar-refractivity contribution is -0.113. The number of thiophene rings is 1. The van der Waals surface area contributed by atoms with E-state index in [0.717, 1.165) is 22.8 Å². The Balaban J connectivity index is 1.60. The highest BCUT2D eigenvalue weighted by atomic mass is 32.2. The molecule has 0 aliphatic carbocycles. The Morgan fingerprint density at radius 1 is 1.30 bits per heavy atom. The average Bonchev–Trinajstić information content (AvgIpc) is 3.27. The number of amides is 1. The second-order valence-corrected chi connectivity index (χ2v) is 8.21. The van der Waals surface area contributed by atoms with Gasteiger partial charge >= 0.3 is 0 Å². The molecule has 2 aromatic heterocycles. The van der Waals surface area contributed by atoms with Gasteiger partial charge in [-0.3, -0.25) is 4.79 Å². The number of methoxy groups -OCH3 is 1. The first-order valence-electron chi connectivity index (χ1n) is 8.53. The van der Waals surface area contributed by atoms with Crippen LogP contribution in [0.5, 0.6) is 5.75 Å². The van der Waals surface area contributed by atoms with Crippen LogP contribution < -0.4 is 10.1 Å². The third kappa shape index (κ3) is 4.70. The maximum Gasteiger partial charge on any atom is 0.234 e. The Labute approximate surface area is 167 Å². The summed E-state index contributed by atoms with van der Waals surface area (Å²) in [5, 5.41) is 14.2. The molecule has 3 aromatic rings. The summed E-state index contributed by atoms with van der Waals surface area (Å²) >= 11 is 3.10. The molecule has 0 radical (unpaired) electrons. The first kappa shape index (κ1) is 19.4. The fraction of sp³-hybridized carbons (Fsp3) is 0.316. The van der Waals surface area contributed by atoms with Crippen molar-refractivity contribution in [2.45, 2.75) is 24.9 Å². The van der Waals surface area contributed by atoms with E-state index >= 15 is 0 Å². The van der Waals surface area contributed by atoms with Gasteiger partial charge in [0.2, 0.25) is 5.91 Å². The Morgan fingerprint density at radius 2 is 2.04 bits per heavy atom. The number of hydrogen-bond acceptors (Lipinski definition) is 6. The molecule has 0 bridgehead atoms. The topological polar surface area (TPSA) is 69.0 Å². The maximum absolute atomic E-state index is 12.2. The molecular formula is C19H22N4O2S2. The van der Waals surface area contributed by atoms with Gasteiger partial charge in [-0.05, 0) is 36.2 Å². The van der Waals surface area contributed by atoms with Crippen molar-refractivity contribution in [1.29, 1.82) is 0 Å². The fourth-order valence-corrected chi connectivity index (χ4v) is 4.08. The van der Waals surface area contributed by atoms with Gasteiger partial charge in [0.05, 0.1) is 12.9 Å². The highest BCUT2D eigenvalue weighted by Gasteiger charge is 2.15. The van der Waals surface area contributed by atoms with Crippen molar-refractivity contribution >= 4 is 34.7 Å². The Kier molecular flexibility index (Phi) is 6.18. The van der Waals surface area contributed by atoms with E-state index in [1.165, 1.54) is 16.6 Å². The molecule has 1 N–H and O–H groups in total. The third-order valence-electron chi connectivity index (χ3n) is 3.99. The number of nitrogens with one attached hydrogen (secondary N) is 1. The van der Waals surface area contributed by atoms with Gasteiger partial charge in [-0.15, -0.1) is 21.5 Å². The average molecular weight is 403 g/mol. The van der Waals surface area contributed by atoms with Gasteiger partial charge in [0.1, 0.15) is 5.75 Å². The molecule has 0 saturated carbocycles. The molecule has 8 heteroatoms. The minimum Gasteiger partial charge on any atom is -0.497 e. The van der Waals surface area contributed by atoms with E-state index < -0.39 is 0 Å². The van der Waals surface area contributed by atoms with Crippen molar-refractivity contribution in [3.63, 3.8) is 0 Å². The Bertz CT molecular complexity index is 916. The molecule has 142 valence electrons. The minimum atomic E-state index is -0.0904. The molecule has 0 aliphatic rings. The highest BCUT2D eigenvalue weighted by Crippen LogP contribution is 2.30. The van der Waals surface area contributed by atoms with E-state index in [2.05, 4.69) is 40.8 Å². The molecule has 0 unspecified atom stereocenters. The van der Waals surface area contributed by atoms with Gasteiger partial charge < -0.3 is 14.6 Å². The number of carbonyl (C=O) groups excluding carboxylic acids is 1. The van der Waals surface area contributed by atoms with E-state index in [-0.39, 0.29) is 11.7 Å². The number of anilines is 1. The van der Waals surface area contributed by atoms with Crippen molar-refractivity contribution < 1.29 is 9.53 Å². The predicted molar refractivity (Wildman–Crippen MR) is 111 cm³/mol. The zero-order chi connectivity index (χ0) is 19.4. The molecule has 0 atom stereocenters. The second-order valence-electron chi connectivity index (χ2n) is 6.32. The normalized spacial score (nSPS) is 11.0. The zero-order valence-corrected chi connectivity index (χ0v) is 17.4. The van der Waals surface area contributed by atoms with Crippen molar-refractivity contribution in [2.75, 3.05) is 18.2 Å². The number of aromatic nitrogens is 3. The molecule has 2 heterocycles. The van der Waals surface area contributed by atoms with Crippen molar-refractivity contribution in [3.05, 3.63) is 40.6 Å². The van der Waals surface area contributed by atoms with Crippen LogP contribution >= 0.6 is 23.1 Å². The standard InChI is InChI=1S/C19H22N4O2S2/c1-12(2)16-9-13(10-26-16)18-21-22-19(23(18)3)27-11-17(24)20-14-5-7-15(25-4)8-6-14/h5-10,12H,11H2,1-4H3,(H,20,24). The zero-order valence-electron chi connectivity index (χ0n) is 15.7. The molecule has 27 heavy (non-hydrogen) atoms. The van der Waals surface area contributed by atoms with Gasteiger partial charge in [-0.1, -0.05) is 25.6 Å². The Hall–Kier alpha value is -2.32. The summed E-state index contributed by atoms with van der Waals surface area (Å²) in [6.07, 6.45) is 0. The summed E-state index contributed by atoms with van der Waals surface area (Å²) in [5.41, 5.74) is 1.80. The number of benzene rings is 1. The first-order chi connectivity index (χ1) is 13.0. The van der Waals surface area contributed by atoms with Crippen LogP contribution in [0.1, 0.15) is 24.6 Å². The molecule has 0 fully saturated rings. The smallest absolute Gasteiger partial charge is 0.234 e. The van der Waals surface area contributed by atoms with E-state index in [9.17, 15) is 4.79 Å².